The van der Waals surface area contributed by atoms with E-state index in [1.54, 1.807) is 0 Å². The van der Waals surface area contributed by atoms with Gasteiger partial charge in [-0.15, -0.1) is 11.3 Å². The predicted molar refractivity (Wildman–Crippen MR) is 65.9 cm³/mol. The van der Waals surface area contributed by atoms with Gasteiger partial charge in [0.2, 0.25) is 0 Å². The summed E-state index contributed by atoms with van der Waals surface area (Å²) >= 11 is 1.81. The number of anilines is 1. The Bertz CT molecular complexity index is 318. The molecular formula is C11H19N3S. The zero-order valence-electron chi connectivity index (χ0n) is 9.87. The summed E-state index contributed by atoms with van der Waals surface area (Å²) < 4.78 is 0. The number of nitrogens with one attached hydrogen (secondary N) is 1. The molecular weight excluding hydrogens is 206 g/mol. The molecule has 84 valence electrons. The van der Waals surface area contributed by atoms with Gasteiger partial charge in [-0.3, -0.25) is 0 Å². The van der Waals surface area contributed by atoms with E-state index in [2.05, 4.69) is 42.9 Å². The number of nitrogens with zero attached hydrogens (tertiary/aromatic N) is 2. The smallest absolute Gasteiger partial charge is 0.185 e. The van der Waals surface area contributed by atoms with Gasteiger partial charge >= 0.3 is 0 Å². The minimum atomic E-state index is 0.554. The molecule has 1 aromatic rings. The summed E-state index contributed by atoms with van der Waals surface area (Å²) in [5.74, 6) is 0. The third kappa shape index (κ3) is 2.32. The molecule has 2 atom stereocenters. The molecule has 1 aliphatic heterocycles. The Labute approximate surface area is 95.5 Å². The normalized spacial score (nSPS) is 27.1. The Morgan fingerprint density at radius 3 is 2.33 bits per heavy atom. The van der Waals surface area contributed by atoms with Crippen LogP contribution in [0, 0.1) is 13.8 Å². The highest BCUT2D eigenvalue weighted by Crippen LogP contribution is 2.26. The molecule has 0 saturated carbocycles. The summed E-state index contributed by atoms with van der Waals surface area (Å²) in [5, 5.41) is 4.72. The van der Waals surface area contributed by atoms with Crippen molar-refractivity contribution in [2.24, 2.45) is 0 Å². The Morgan fingerprint density at radius 1 is 1.27 bits per heavy atom. The van der Waals surface area contributed by atoms with Crippen LogP contribution < -0.4 is 10.2 Å². The molecule has 1 fully saturated rings. The summed E-state index contributed by atoms with van der Waals surface area (Å²) in [5.41, 5.74) is 1.17. The zero-order valence-corrected chi connectivity index (χ0v) is 10.7. The first-order chi connectivity index (χ1) is 7.06. The van der Waals surface area contributed by atoms with Gasteiger partial charge in [0.1, 0.15) is 0 Å². The van der Waals surface area contributed by atoms with Crippen molar-refractivity contribution in [3.8, 4) is 0 Å². The van der Waals surface area contributed by atoms with Crippen molar-refractivity contribution < 1.29 is 0 Å². The van der Waals surface area contributed by atoms with E-state index in [9.17, 15) is 0 Å². The fourth-order valence-electron chi connectivity index (χ4n) is 2.07. The number of rotatable bonds is 1. The number of aromatic nitrogens is 1. The van der Waals surface area contributed by atoms with Gasteiger partial charge in [-0.25, -0.2) is 4.98 Å². The second-order valence-electron chi connectivity index (χ2n) is 4.51. The van der Waals surface area contributed by atoms with Gasteiger partial charge < -0.3 is 10.2 Å². The molecule has 2 heterocycles. The van der Waals surface area contributed by atoms with Crippen molar-refractivity contribution in [3.63, 3.8) is 0 Å². The molecule has 0 amide bonds. The molecule has 1 saturated heterocycles. The summed E-state index contributed by atoms with van der Waals surface area (Å²) in [6, 6.07) is 1.11. The fraction of sp³-hybridized carbons (Fsp3) is 0.727. The van der Waals surface area contributed by atoms with Gasteiger partial charge in [-0.1, -0.05) is 0 Å². The van der Waals surface area contributed by atoms with E-state index in [4.69, 9.17) is 0 Å². The van der Waals surface area contributed by atoms with E-state index in [1.165, 1.54) is 15.7 Å². The second kappa shape index (κ2) is 4.10. The van der Waals surface area contributed by atoms with Crippen molar-refractivity contribution in [1.29, 1.82) is 0 Å². The number of aryl methyl sites for hydroxylation is 2. The van der Waals surface area contributed by atoms with Gasteiger partial charge in [-0.2, -0.15) is 0 Å². The van der Waals surface area contributed by atoms with Crippen LogP contribution in [0.1, 0.15) is 24.4 Å². The maximum absolute atomic E-state index is 4.62. The van der Waals surface area contributed by atoms with Crippen LogP contribution in [-0.2, 0) is 0 Å². The summed E-state index contributed by atoms with van der Waals surface area (Å²) in [6.45, 7) is 10.8. The number of hydrogen-bond donors (Lipinski definition) is 1. The number of hydrogen-bond acceptors (Lipinski definition) is 4. The molecule has 1 aliphatic rings. The molecule has 2 rings (SSSR count). The molecule has 0 bridgehead atoms. The molecule has 4 heteroatoms. The molecule has 0 spiro atoms. The summed E-state index contributed by atoms with van der Waals surface area (Å²) in [7, 11) is 0. The first-order valence-electron chi connectivity index (χ1n) is 5.51. The second-order valence-corrected chi connectivity index (χ2v) is 5.69. The average Bonchev–Trinajstić information content (AvgIpc) is 2.45. The summed E-state index contributed by atoms with van der Waals surface area (Å²) in [6.07, 6.45) is 0. The lowest BCUT2D eigenvalue weighted by atomic mass is 10.2. The predicted octanol–water partition coefficient (Wildman–Crippen LogP) is 1.95. The maximum Gasteiger partial charge on any atom is 0.185 e. The highest BCUT2D eigenvalue weighted by Gasteiger charge is 2.23. The van der Waals surface area contributed by atoms with Crippen molar-refractivity contribution in [3.05, 3.63) is 10.6 Å². The van der Waals surface area contributed by atoms with E-state index in [1.807, 2.05) is 11.3 Å². The third-order valence-electron chi connectivity index (χ3n) is 2.85. The van der Waals surface area contributed by atoms with Crippen LogP contribution in [0.15, 0.2) is 0 Å². The van der Waals surface area contributed by atoms with Gasteiger partial charge in [-0.05, 0) is 27.7 Å². The maximum atomic E-state index is 4.62. The lowest BCUT2D eigenvalue weighted by Gasteiger charge is -2.35. The van der Waals surface area contributed by atoms with Crippen LogP contribution in [0.4, 0.5) is 5.13 Å². The summed E-state index contributed by atoms with van der Waals surface area (Å²) in [4.78, 5) is 8.36. The van der Waals surface area contributed by atoms with Crippen molar-refractivity contribution >= 4 is 16.5 Å². The number of thiazole rings is 1. The third-order valence-corrected chi connectivity index (χ3v) is 3.98. The van der Waals surface area contributed by atoms with E-state index in [0.29, 0.717) is 12.1 Å². The Kier molecular flexibility index (Phi) is 2.98. The van der Waals surface area contributed by atoms with Crippen molar-refractivity contribution in [1.82, 2.24) is 10.3 Å². The fourth-order valence-corrected chi connectivity index (χ4v) is 3.00. The SMILES string of the molecule is Cc1nc(N2CC(C)NC(C)C2)sc1C. The molecule has 1 N–H and O–H groups in total. The van der Waals surface area contributed by atoms with Crippen LogP contribution in [-0.4, -0.2) is 30.2 Å². The molecule has 0 aliphatic carbocycles. The molecule has 15 heavy (non-hydrogen) atoms. The van der Waals surface area contributed by atoms with E-state index < -0.39 is 0 Å². The monoisotopic (exact) mass is 225 g/mol. The minimum absolute atomic E-state index is 0.554. The standard InChI is InChI=1S/C11H19N3S/c1-7-5-14(6-8(2)12-7)11-13-9(3)10(4)15-11/h7-8,12H,5-6H2,1-4H3. The van der Waals surface area contributed by atoms with Gasteiger partial charge in [0.05, 0.1) is 5.69 Å². The van der Waals surface area contributed by atoms with E-state index in [0.717, 1.165) is 13.1 Å². The minimum Gasteiger partial charge on any atom is -0.345 e. The average molecular weight is 225 g/mol. The Balaban J connectivity index is 2.16. The van der Waals surface area contributed by atoms with Crippen LogP contribution in [0.25, 0.3) is 0 Å². The first-order valence-corrected chi connectivity index (χ1v) is 6.33. The molecule has 0 aromatic carbocycles. The van der Waals surface area contributed by atoms with Gasteiger partial charge in [0.25, 0.3) is 0 Å². The zero-order chi connectivity index (χ0) is 11.0. The molecule has 1 aromatic heterocycles. The number of piperazine rings is 1. The first kappa shape index (κ1) is 10.9. The lowest BCUT2D eigenvalue weighted by molar-refractivity contribution is 0.406. The molecule has 0 radical (unpaired) electrons. The topological polar surface area (TPSA) is 28.2 Å². The quantitative estimate of drug-likeness (QED) is 0.792. The van der Waals surface area contributed by atoms with E-state index >= 15 is 0 Å². The van der Waals surface area contributed by atoms with E-state index in [-0.39, 0.29) is 0 Å². The molecule has 3 nitrogen and oxygen atoms in total. The van der Waals surface area contributed by atoms with Gasteiger partial charge in [0, 0.05) is 30.1 Å². The van der Waals surface area contributed by atoms with Gasteiger partial charge in [0.15, 0.2) is 5.13 Å². The van der Waals surface area contributed by atoms with Crippen molar-refractivity contribution in [2.75, 3.05) is 18.0 Å². The van der Waals surface area contributed by atoms with Crippen LogP contribution >= 0.6 is 11.3 Å². The molecule has 2 unspecified atom stereocenters. The van der Waals surface area contributed by atoms with Crippen LogP contribution in [0.2, 0.25) is 0 Å². The highest BCUT2D eigenvalue weighted by molar-refractivity contribution is 7.15. The van der Waals surface area contributed by atoms with Crippen LogP contribution in [0.5, 0.6) is 0 Å². The Morgan fingerprint density at radius 2 is 1.87 bits per heavy atom. The Hall–Kier alpha value is -0.610. The lowest BCUT2D eigenvalue weighted by Crippen LogP contribution is -2.54. The van der Waals surface area contributed by atoms with Crippen molar-refractivity contribution in [2.45, 2.75) is 39.8 Å². The largest absolute Gasteiger partial charge is 0.345 e. The highest BCUT2D eigenvalue weighted by atomic mass is 32.1. The van der Waals surface area contributed by atoms with Crippen LogP contribution in [0.3, 0.4) is 0 Å².